The van der Waals surface area contributed by atoms with Crippen LogP contribution >= 0.6 is 23.2 Å². The van der Waals surface area contributed by atoms with Crippen LogP contribution in [0.25, 0.3) is 0 Å². The van der Waals surface area contributed by atoms with E-state index in [1.165, 1.54) is 0 Å². The smallest absolute Gasteiger partial charge is 0.141 e. The van der Waals surface area contributed by atoms with E-state index in [0.29, 0.717) is 22.4 Å². The number of hydrogen-bond donors (Lipinski definition) is 0. The summed E-state index contributed by atoms with van der Waals surface area (Å²) in [5.41, 5.74) is 0.974. The Hall–Kier alpha value is -0.840. The van der Waals surface area contributed by atoms with E-state index in [2.05, 4.69) is 5.92 Å². The van der Waals surface area contributed by atoms with Crippen LogP contribution < -0.4 is 4.74 Å². The van der Waals surface area contributed by atoms with Gasteiger partial charge in [-0.25, -0.2) is 0 Å². The number of benzene rings is 1. The van der Waals surface area contributed by atoms with Crippen molar-refractivity contribution in [2.45, 2.75) is 26.7 Å². The van der Waals surface area contributed by atoms with Gasteiger partial charge in [0.1, 0.15) is 5.75 Å². The molecule has 0 spiro atoms. The molecule has 92 valence electrons. The van der Waals surface area contributed by atoms with Gasteiger partial charge in [0.15, 0.2) is 0 Å². The van der Waals surface area contributed by atoms with Crippen LogP contribution in [0.2, 0.25) is 10.0 Å². The van der Waals surface area contributed by atoms with Crippen molar-refractivity contribution in [1.29, 1.82) is 0 Å². The van der Waals surface area contributed by atoms with E-state index in [0.717, 1.165) is 18.4 Å². The Morgan fingerprint density at radius 1 is 1.41 bits per heavy atom. The van der Waals surface area contributed by atoms with E-state index in [1.54, 1.807) is 6.07 Å². The fourth-order valence-electron chi connectivity index (χ4n) is 1.52. The molecule has 0 saturated carbocycles. The average Bonchev–Trinajstić information content (AvgIpc) is 2.27. The first-order chi connectivity index (χ1) is 8.08. The van der Waals surface area contributed by atoms with E-state index < -0.39 is 0 Å². The zero-order valence-electron chi connectivity index (χ0n) is 10.1. The molecule has 0 amide bonds. The van der Waals surface area contributed by atoms with Gasteiger partial charge in [-0.2, -0.15) is 0 Å². The zero-order valence-corrected chi connectivity index (χ0v) is 11.6. The molecule has 1 atom stereocenters. The summed E-state index contributed by atoms with van der Waals surface area (Å²) >= 11 is 12.1. The van der Waals surface area contributed by atoms with Gasteiger partial charge in [-0.1, -0.05) is 37.0 Å². The molecule has 1 aromatic carbocycles. The van der Waals surface area contributed by atoms with Crippen molar-refractivity contribution in [2.24, 2.45) is 5.92 Å². The molecule has 0 aliphatic heterocycles. The van der Waals surface area contributed by atoms with Crippen molar-refractivity contribution in [3.63, 3.8) is 0 Å². The maximum Gasteiger partial charge on any atom is 0.141 e. The molecule has 0 heterocycles. The summed E-state index contributed by atoms with van der Waals surface area (Å²) in [6.45, 7) is 4.67. The van der Waals surface area contributed by atoms with Gasteiger partial charge < -0.3 is 4.74 Å². The Bertz CT molecular complexity index is 421. The Morgan fingerprint density at radius 3 is 2.71 bits per heavy atom. The first-order valence-corrected chi connectivity index (χ1v) is 6.41. The lowest BCUT2D eigenvalue weighted by atomic mass is 10.0. The van der Waals surface area contributed by atoms with Crippen molar-refractivity contribution < 1.29 is 4.74 Å². The lowest BCUT2D eigenvalue weighted by Crippen LogP contribution is -2.03. The summed E-state index contributed by atoms with van der Waals surface area (Å²) in [5.74, 6) is 3.54. The van der Waals surface area contributed by atoms with E-state index >= 15 is 0 Å². The Balaban J connectivity index is 3.03. The minimum atomic E-state index is 0.133. The average molecular weight is 271 g/mol. The summed E-state index contributed by atoms with van der Waals surface area (Å²) in [7, 11) is 0. The molecule has 1 aromatic rings. The fourth-order valence-corrected chi connectivity index (χ4v) is 2.11. The highest BCUT2D eigenvalue weighted by atomic mass is 35.5. The molecular weight excluding hydrogens is 255 g/mol. The van der Waals surface area contributed by atoms with Crippen LogP contribution in [0, 0.1) is 18.3 Å². The van der Waals surface area contributed by atoms with Gasteiger partial charge in [-0.05, 0) is 30.5 Å². The first kappa shape index (κ1) is 14.2. The quantitative estimate of drug-likeness (QED) is 0.711. The lowest BCUT2D eigenvalue weighted by molar-refractivity contribution is 0.313. The van der Waals surface area contributed by atoms with Crippen LogP contribution in [-0.2, 0) is 6.42 Å². The second-order valence-corrected chi connectivity index (χ2v) is 4.84. The van der Waals surface area contributed by atoms with Crippen LogP contribution in [0.3, 0.4) is 0 Å². The second-order valence-electron chi connectivity index (χ2n) is 4.00. The first-order valence-electron chi connectivity index (χ1n) is 5.65. The third-order valence-corrected chi connectivity index (χ3v) is 2.85. The van der Waals surface area contributed by atoms with E-state index in [4.69, 9.17) is 34.4 Å². The predicted molar refractivity (Wildman–Crippen MR) is 73.9 cm³/mol. The summed E-state index contributed by atoms with van der Waals surface area (Å²) < 4.78 is 5.66. The zero-order chi connectivity index (χ0) is 12.8. The maximum atomic E-state index is 6.14. The van der Waals surface area contributed by atoms with Crippen LogP contribution in [0.4, 0.5) is 0 Å². The van der Waals surface area contributed by atoms with Gasteiger partial charge in [0, 0.05) is 10.9 Å². The SMILES string of the molecule is C#CC(C)Cc1cc(Cl)cc(Cl)c1OCCC. The molecule has 0 N–H and O–H groups in total. The van der Waals surface area contributed by atoms with Gasteiger partial charge >= 0.3 is 0 Å². The van der Waals surface area contributed by atoms with E-state index in [1.807, 2.05) is 19.9 Å². The summed E-state index contributed by atoms with van der Waals surface area (Å²) in [6.07, 6.45) is 7.04. The minimum absolute atomic E-state index is 0.133. The Kier molecular flexibility index (Phi) is 5.68. The molecule has 1 unspecified atom stereocenters. The maximum absolute atomic E-state index is 6.14. The number of ether oxygens (including phenoxy) is 1. The van der Waals surface area contributed by atoms with Gasteiger partial charge in [0.25, 0.3) is 0 Å². The molecule has 1 nitrogen and oxygen atoms in total. The third kappa shape index (κ3) is 4.15. The molecule has 0 radical (unpaired) electrons. The van der Waals surface area contributed by atoms with Crippen LogP contribution in [0.5, 0.6) is 5.75 Å². The van der Waals surface area contributed by atoms with Crippen molar-refractivity contribution in [2.75, 3.05) is 6.61 Å². The standard InChI is InChI=1S/C14H16Cl2O/c1-4-6-17-14-11(7-10(3)5-2)8-12(15)9-13(14)16/h2,8-10H,4,6-7H2,1,3H3. The molecule has 3 heteroatoms. The highest BCUT2D eigenvalue weighted by Crippen LogP contribution is 2.33. The van der Waals surface area contributed by atoms with E-state index in [9.17, 15) is 0 Å². The van der Waals surface area contributed by atoms with Crippen molar-refractivity contribution in [3.05, 3.63) is 27.7 Å². The number of halogens is 2. The normalized spacial score (nSPS) is 11.9. The van der Waals surface area contributed by atoms with Gasteiger partial charge in [-0.15, -0.1) is 12.3 Å². The van der Waals surface area contributed by atoms with Crippen molar-refractivity contribution in [1.82, 2.24) is 0 Å². The van der Waals surface area contributed by atoms with Crippen LogP contribution in [0.15, 0.2) is 12.1 Å². The molecule has 0 fully saturated rings. The Morgan fingerprint density at radius 2 is 2.12 bits per heavy atom. The molecule has 0 aromatic heterocycles. The molecule has 0 aliphatic carbocycles. The topological polar surface area (TPSA) is 9.23 Å². The molecule has 0 aliphatic rings. The minimum Gasteiger partial charge on any atom is -0.492 e. The van der Waals surface area contributed by atoms with E-state index in [-0.39, 0.29) is 5.92 Å². The largest absolute Gasteiger partial charge is 0.492 e. The lowest BCUT2D eigenvalue weighted by Gasteiger charge is -2.14. The summed E-state index contributed by atoms with van der Waals surface area (Å²) in [6, 6.07) is 3.56. The highest BCUT2D eigenvalue weighted by Gasteiger charge is 2.12. The third-order valence-electron chi connectivity index (χ3n) is 2.35. The molecule has 1 rings (SSSR count). The molecule has 0 saturated heterocycles. The summed E-state index contributed by atoms with van der Waals surface area (Å²) in [5, 5.41) is 1.16. The van der Waals surface area contributed by atoms with Gasteiger partial charge in [0.2, 0.25) is 0 Å². The fraction of sp³-hybridized carbons (Fsp3) is 0.429. The summed E-state index contributed by atoms with van der Waals surface area (Å²) in [4.78, 5) is 0. The number of hydrogen-bond acceptors (Lipinski definition) is 1. The number of terminal acetylenes is 1. The van der Waals surface area contributed by atoms with Crippen LogP contribution in [-0.4, -0.2) is 6.61 Å². The predicted octanol–water partition coefficient (Wildman–Crippen LogP) is 4.59. The van der Waals surface area contributed by atoms with Gasteiger partial charge in [0.05, 0.1) is 11.6 Å². The van der Waals surface area contributed by atoms with Crippen molar-refractivity contribution >= 4 is 23.2 Å². The second kappa shape index (κ2) is 6.79. The van der Waals surface area contributed by atoms with Gasteiger partial charge in [-0.3, -0.25) is 0 Å². The Labute approximate surface area is 113 Å². The van der Waals surface area contributed by atoms with Crippen molar-refractivity contribution in [3.8, 4) is 18.1 Å². The van der Waals surface area contributed by atoms with Crippen LogP contribution in [0.1, 0.15) is 25.8 Å². The highest BCUT2D eigenvalue weighted by molar-refractivity contribution is 6.35. The molecule has 17 heavy (non-hydrogen) atoms. The number of rotatable bonds is 5. The monoisotopic (exact) mass is 270 g/mol. The molecular formula is C14H16Cl2O. The molecule has 0 bridgehead atoms.